The standard InChI is InChI=1S/2C9H7.2C3H10NSi.Gd/c2*1-2-5-9-7-3-6-8(9)4-1;2*1-5(2,3)4;/h2*1-7H;2*4H,1-3H3;/q;;2*-1;+2. The summed E-state index contributed by atoms with van der Waals surface area (Å²) in [4.78, 5) is 0. The summed E-state index contributed by atoms with van der Waals surface area (Å²) >= 11 is -0.227. The SMILES string of the molecule is C1=C[CH]([Gd+2][CH]2C=Cc3ccccc32)c2ccccc21.C[Si](C)(C)[NH-].C[Si](C)(C)[NH-]. The van der Waals surface area contributed by atoms with E-state index in [2.05, 4.69) is 72.8 Å². The van der Waals surface area contributed by atoms with Gasteiger partial charge in [-0.2, -0.15) is 0 Å². The molecule has 2 aliphatic rings. The van der Waals surface area contributed by atoms with Gasteiger partial charge >= 0.3 is 134 Å². The van der Waals surface area contributed by atoms with E-state index < -0.39 is 16.5 Å². The molecule has 156 valence electrons. The molecule has 0 saturated heterocycles. The van der Waals surface area contributed by atoms with E-state index >= 15 is 0 Å². The fourth-order valence-corrected chi connectivity index (χ4v) is 6.56. The molecule has 0 aromatic heterocycles. The third kappa shape index (κ3) is 9.51. The van der Waals surface area contributed by atoms with Crippen molar-refractivity contribution in [3.05, 3.63) is 93.7 Å². The van der Waals surface area contributed by atoms with Gasteiger partial charge in [-0.3, -0.25) is 0 Å². The van der Waals surface area contributed by atoms with Crippen LogP contribution in [0.2, 0.25) is 39.3 Å². The molecule has 0 bridgehead atoms. The van der Waals surface area contributed by atoms with Gasteiger partial charge in [0.1, 0.15) is 0 Å². The Hall–Kier alpha value is -0.402. The zero-order chi connectivity index (χ0) is 21.7. The monoisotopic (exact) mass is 564 g/mol. The third-order valence-electron chi connectivity index (χ3n) is 3.71. The fraction of sp³-hybridized carbons (Fsp3) is 0.333. The largest absolute Gasteiger partial charge is 0.680 e. The maximum absolute atomic E-state index is 7.08. The zero-order valence-corrected chi connectivity index (χ0v) is 22.7. The Labute approximate surface area is 199 Å². The van der Waals surface area contributed by atoms with Gasteiger partial charge in [-0.05, 0) is 0 Å². The zero-order valence-electron chi connectivity index (χ0n) is 18.4. The normalized spacial score (nSPS) is 18.9. The Morgan fingerprint density at radius 2 is 0.931 bits per heavy atom. The molecule has 29 heavy (non-hydrogen) atoms. The van der Waals surface area contributed by atoms with Gasteiger partial charge in [-0.1, -0.05) is 55.8 Å². The average Bonchev–Trinajstić information content (AvgIpc) is 3.17. The first kappa shape index (κ1) is 24.9. The van der Waals surface area contributed by atoms with Crippen molar-refractivity contribution in [1.82, 2.24) is 0 Å². The van der Waals surface area contributed by atoms with Gasteiger partial charge in [0.15, 0.2) is 0 Å². The summed E-state index contributed by atoms with van der Waals surface area (Å²) in [6, 6.07) is 17.7. The first-order valence-electron chi connectivity index (χ1n) is 10.1. The maximum atomic E-state index is 7.08. The van der Waals surface area contributed by atoms with Crippen LogP contribution in [0.1, 0.15) is 25.6 Å². The molecule has 2 N–H and O–H groups in total. The molecule has 2 unspecified atom stereocenters. The van der Waals surface area contributed by atoms with Crippen molar-refractivity contribution in [3.63, 3.8) is 0 Å². The number of allylic oxidation sites excluding steroid dienone is 2. The number of hydrogen-bond acceptors (Lipinski definition) is 0. The minimum absolute atomic E-state index is 0.227. The van der Waals surface area contributed by atoms with Crippen LogP contribution in [-0.4, -0.2) is 16.5 Å². The van der Waals surface area contributed by atoms with Crippen molar-refractivity contribution in [2.45, 2.75) is 42.7 Å². The van der Waals surface area contributed by atoms with Crippen LogP contribution in [0.15, 0.2) is 60.7 Å². The molecule has 2 nitrogen and oxygen atoms in total. The Kier molecular flexibility index (Phi) is 9.23. The van der Waals surface area contributed by atoms with E-state index in [4.69, 9.17) is 10.8 Å². The minimum atomic E-state index is -1.36. The second-order valence-electron chi connectivity index (χ2n) is 9.37. The molecule has 2 aromatic rings. The maximum Gasteiger partial charge on any atom is -0.0701 e. The Balaban J connectivity index is 0.000000253. The molecule has 0 saturated carbocycles. The summed E-state index contributed by atoms with van der Waals surface area (Å²) < 4.78 is 1.41. The minimum Gasteiger partial charge on any atom is -0.680 e. The second kappa shape index (κ2) is 10.8. The number of hydrogen-bond donors (Lipinski definition) is 0. The van der Waals surface area contributed by atoms with E-state index in [1.165, 1.54) is 11.1 Å². The van der Waals surface area contributed by atoms with E-state index in [0.29, 0.717) is 3.40 Å². The summed E-state index contributed by atoms with van der Waals surface area (Å²) in [5.74, 6) is 0. The molecule has 0 radical (unpaired) electrons. The summed E-state index contributed by atoms with van der Waals surface area (Å²) in [5.41, 5.74) is 5.95. The number of nitrogens with one attached hydrogen (secondary N) is 2. The molecule has 0 heterocycles. The van der Waals surface area contributed by atoms with Gasteiger partial charge in [0, 0.05) is 0 Å². The fourth-order valence-electron chi connectivity index (χ4n) is 2.74. The van der Waals surface area contributed by atoms with Crippen molar-refractivity contribution < 1.29 is 35.9 Å². The predicted octanol–water partition coefficient (Wildman–Crippen LogP) is 8.35. The van der Waals surface area contributed by atoms with E-state index in [1.807, 2.05) is 39.3 Å². The molecule has 0 spiro atoms. The number of rotatable bonds is 2. The predicted molar refractivity (Wildman–Crippen MR) is 132 cm³/mol. The number of benzene rings is 2. The molecule has 5 heteroatoms. The van der Waals surface area contributed by atoms with E-state index in [0.717, 1.165) is 0 Å². The first-order chi connectivity index (χ1) is 13.4. The summed E-state index contributed by atoms with van der Waals surface area (Å²) in [6.07, 6.45) is 9.45. The van der Waals surface area contributed by atoms with Crippen LogP contribution in [0, 0.1) is 35.9 Å². The molecule has 4 rings (SSSR count). The van der Waals surface area contributed by atoms with Gasteiger partial charge in [0.05, 0.1) is 0 Å². The van der Waals surface area contributed by atoms with E-state index in [-0.39, 0.29) is 35.9 Å². The Bertz CT molecular complexity index is 780. The molecule has 0 fully saturated rings. The van der Waals surface area contributed by atoms with Gasteiger partial charge in [-0.15, -0.1) is 0 Å². The van der Waals surface area contributed by atoms with Crippen LogP contribution in [-0.2, 0) is 0 Å². The molecule has 2 atom stereocenters. The van der Waals surface area contributed by atoms with Gasteiger partial charge in [0.2, 0.25) is 0 Å². The van der Waals surface area contributed by atoms with Crippen LogP contribution in [0.4, 0.5) is 0 Å². The Morgan fingerprint density at radius 1 is 0.621 bits per heavy atom. The summed E-state index contributed by atoms with van der Waals surface area (Å²) in [5, 5.41) is 14.2. The molecule has 0 amide bonds. The van der Waals surface area contributed by atoms with Crippen molar-refractivity contribution in [2.24, 2.45) is 0 Å². The summed E-state index contributed by atoms with van der Waals surface area (Å²) in [7, 11) is -2.72. The molecule has 2 aliphatic carbocycles. The van der Waals surface area contributed by atoms with E-state index in [1.54, 1.807) is 11.1 Å². The molecular weight excluding hydrogens is 530 g/mol. The second-order valence-corrected chi connectivity index (χ2v) is 21.9. The van der Waals surface area contributed by atoms with Crippen LogP contribution in [0.5, 0.6) is 0 Å². The first-order valence-corrected chi connectivity index (χ1v) is 19.7. The van der Waals surface area contributed by atoms with Gasteiger partial charge in [0.25, 0.3) is 0 Å². The molecular formula is C24H34GdN2Si2. The van der Waals surface area contributed by atoms with Crippen molar-refractivity contribution >= 4 is 28.6 Å². The number of fused-ring (bicyclic) bond motifs is 2. The van der Waals surface area contributed by atoms with Crippen LogP contribution < -0.4 is 0 Å². The smallest absolute Gasteiger partial charge is 0.0701 e. The van der Waals surface area contributed by atoms with E-state index in [9.17, 15) is 0 Å². The van der Waals surface area contributed by atoms with Crippen molar-refractivity contribution in [3.8, 4) is 0 Å². The van der Waals surface area contributed by atoms with Crippen LogP contribution in [0.3, 0.4) is 0 Å². The quantitative estimate of drug-likeness (QED) is 0.330. The molecule has 2 aromatic carbocycles. The molecule has 0 aliphatic heterocycles. The van der Waals surface area contributed by atoms with Crippen LogP contribution >= 0.6 is 0 Å². The van der Waals surface area contributed by atoms with Gasteiger partial charge < -0.3 is 10.8 Å². The Morgan fingerprint density at radius 3 is 1.28 bits per heavy atom. The topological polar surface area (TPSA) is 47.6 Å². The average molecular weight is 564 g/mol. The van der Waals surface area contributed by atoms with Crippen LogP contribution in [0.25, 0.3) is 23.0 Å². The summed E-state index contributed by atoms with van der Waals surface area (Å²) in [6.45, 7) is 12.0. The van der Waals surface area contributed by atoms with Gasteiger partial charge in [-0.25, -0.2) is 0 Å². The van der Waals surface area contributed by atoms with Crippen molar-refractivity contribution in [2.75, 3.05) is 0 Å². The third-order valence-corrected chi connectivity index (χ3v) is 7.62. The van der Waals surface area contributed by atoms with Crippen molar-refractivity contribution in [1.29, 1.82) is 0 Å².